The van der Waals surface area contributed by atoms with Crippen molar-refractivity contribution in [3.05, 3.63) is 58.1 Å². The number of amides is 1. The first-order valence-corrected chi connectivity index (χ1v) is 12.7. The second-order valence-electron chi connectivity index (χ2n) is 9.59. The highest BCUT2D eigenvalue weighted by atomic mass is 35.5. The van der Waals surface area contributed by atoms with Crippen molar-refractivity contribution < 1.29 is 9.53 Å². The van der Waals surface area contributed by atoms with Gasteiger partial charge in [0.25, 0.3) is 5.91 Å². The third-order valence-corrected chi connectivity index (χ3v) is 7.87. The average Bonchev–Trinajstić information content (AvgIpc) is 3.30. The topological polar surface area (TPSA) is 36.0 Å². The standard InChI is InChI=1S/C27H34ClN3O2/c1-33-26-18-22(16-23(28)19-26)27(32)31-14-12-30(13-15-31)25-7-6-20-8-10-29(11-9-21(20)17-25)24-4-2-3-5-24/h6-7,16-19,24H,2-5,8-15H2,1H3. The Bertz CT molecular complexity index is 997. The molecule has 1 aliphatic carbocycles. The molecule has 0 aromatic heterocycles. The van der Waals surface area contributed by atoms with Crippen molar-refractivity contribution in [1.82, 2.24) is 9.80 Å². The number of benzene rings is 2. The molecule has 0 spiro atoms. The van der Waals surface area contributed by atoms with Crippen LogP contribution in [0.1, 0.15) is 47.2 Å². The summed E-state index contributed by atoms with van der Waals surface area (Å²) in [5, 5.41) is 0.521. The van der Waals surface area contributed by atoms with E-state index in [2.05, 4.69) is 28.0 Å². The fraction of sp³-hybridized carbons (Fsp3) is 0.519. The van der Waals surface area contributed by atoms with Crippen LogP contribution in [0.5, 0.6) is 5.75 Å². The molecule has 3 aliphatic rings. The Morgan fingerprint density at radius 2 is 1.64 bits per heavy atom. The Morgan fingerprint density at radius 3 is 2.36 bits per heavy atom. The summed E-state index contributed by atoms with van der Waals surface area (Å²) in [4.78, 5) is 20.1. The first kappa shape index (κ1) is 22.5. The van der Waals surface area contributed by atoms with E-state index in [4.69, 9.17) is 16.3 Å². The smallest absolute Gasteiger partial charge is 0.254 e. The number of halogens is 1. The van der Waals surface area contributed by atoms with Gasteiger partial charge in [-0.2, -0.15) is 0 Å². The van der Waals surface area contributed by atoms with Crippen molar-refractivity contribution in [1.29, 1.82) is 0 Å². The zero-order valence-electron chi connectivity index (χ0n) is 19.6. The maximum absolute atomic E-state index is 13.0. The molecule has 1 saturated carbocycles. The summed E-state index contributed by atoms with van der Waals surface area (Å²) in [6.45, 7) is 5.49. The lowest BCUT2D eigenvalue weighted by Crippen LogP contribution is -2.48. The number of carbonyl (C=O) groups excluding carboxylic acids is 1. The van der Waals surface area contributed by atoms with E-state index in [0.29, 0.717) is 29.4 Å². The second kappa shape index (κ2) is 9.94. The van der Waals surface area contributed by atoms with Crippen LogP contribution in [0.3, 0.4) is 0 Å². The van der Waals surface area contributed by atoms with E-state index < -0.39 is 0 Å². The number of rotatable bonds is 4. The summed E-state index contributed by atoms with van der Waals surface area (Å²) in [6.07, 6.45) is 7.88. The lowest BCUT2D eigenvalue weighted by atomic mass is 10.0. The van der Waals surface area contributed by atoms with Crippen LogP contribution in [0, 0.1) is 0 Å². The largest absolute Gasteiger partial charge is 0.497 e. The van der Waals surface area contributed by atoms with Crippen LogP contribution in [0.2, 0.25) is 5.02 Å². The molecule has 1 amide bonds. The monoisotopic (exact) mass is 467 g/mol. The minimum Gasteiger partial charge on any atom is -0.497 e. The van der Waals surface area contributed by atoms with E-state index in [1.165, 1.54) is 55.6 Å². The van der Waals surface area contributed by atoms with Crippen LogP contribution in [0.4, 0.5) is 5.69 Å². The first-order valence-electron chi connectivity index (χ1n) is 12.4. The van der Waals surface area contributed by atoms with Gasteiger partial charge in [-0.3, -0.25) is 9.69 Å². The number of nitrogens with zero attached hydrogens (tertiary/aromatic N) is 3. The molecular weight excluding hydrogens is 434 g/mol. The molecule has 2 heterocycles. The van der Waals surface area contributed by atoms with Crippen LogP contribution in [0.25, 0.3) is 0 Å². The van der Waals surface area contributed by atoms with Crippen molar-refractivity contribution in [3.63, 3.8) is 0 Å². The summed E-state index contributed by atoms with van der Waals surface area (Å²) < 4.78 is 5.27. The molecule has 1 saturated heterocycles. The van der Waals surface area contributed by atoms with E-state index in [9.17, 15) is 4.79 Å². The lowest BCUT2D eigenvalue weighted by Gasteiger charge is -2.36. The number of hydrogen-bond donors (Lipinski definition) is 0. The number of methoxy groups -OCH3 is 1. The lowest BCUT2D eigenvalue weighted by molar-refractivity contribution is 0.0746. The highest BCUT2D eigenvalue weighted by Gasteiger charge is 2.26. The van der Waals surface area contributed by atoms with Crippen molar-refractivity contribution in [2.24, 2.45) is 0 Å². The van der Waals surface area contributed by atoms with Gasteiger partial charge in [0.1, 0.15) is 5.75 Å². The van der Waals surface area contributed by atoms with E-state index in [-0.39, 0.29) is 5.91 Å². The molecule has 0 N–H and O–H groups in total. The van der Waals surface area contributed by atoms with Crippen LogP contribution < -0.4 is 9.64 Å². The fourth-order valence-electron chi connectivity index (χ4n) is 5.71. The number of anilines is 1. The molecule has 2 aliphatic heterocycles. The number of carbonyl (C=O) groups is 1. The zero-order valence-corrected chi connectivity index (χ0v) is 20.3. The summed E-state index contributed by atoms with van der Waals surface area (Å²) in [7, 11) is 1.59. The summed E-state index contributed by atoms with van der Waals surface area (Å²) in [5.41, 5.74) is 4.91. The van der Waals surface area contributed by atoms with Crippen molar-refractivity contribution in [3.8, 4) is 5.75 Å². The Balaban J connectivity index is 1.21. The maximum Gasteiger partial charge on any atom is 0.254 e. The van der Waals surface area contributed by atoms with Gasteiger partial charge in [-0.15, -0.1) is 0 Å². The number of hydrogen-bond acceptors (Lipinski definition) is 4. The van der Waals surface area contributed by atoms with Gasteiger partial charge in [0.15, 0.2) is 0 Å². The normalized spacial score (nSPS) is 19.9. The second-order valence-corrected chi connectivity index (χ2v) is 10.0. The predicted octanol–water partition coefficient (Wildman–Crippen LogP) is 4.65. The highest BCUT2D eigenvalue weighted by Crippen LogP contribution is 2.29. The van der Waals surface area contributed by atoms with Gasteiger partial charge in [-0.05, 0) is 67.1 Å². The Labute approximate surface area is 202 Å². The molecule has 5 nitrogen and oxygen atoms in total. The van der Waals surface area contributed by atoms with E-state index >= 15 is 0 Å². The van der Waals surface area contributed by atoms with Crippen molar-refractivity contribution in [2.45, 2.75) is 44.6 Å². The first-order chi connectivity index (χ1) is 16.1. The van der Waals surface area contributed by atoms with Gasteiger partial charge in [0.2, 0.25) is 0 Å². The van der Waals surface area contributed by atoms with Gasteiger partial charge >= 0.3 is 0 Å². The molecule has 6 heteroatoms. The van der Waals surface area contributed by atoms with Crippen molar-refractivity contribution >= 4 is 23.2 Å². The number of fused-ring (bicyclic) bond motifs is 1. The SMILES string of the molecule is COc1cc(Cl)cc(C(=O)N2CCN(c3ccc4c(c3)CCN(C3CCCC3)CC4)CC2)c1. The number of ether oxygens (including phenoxy) is 1. The zero-order chi connectivity index (χ0) is 22.8. The van der Waals surface area contributed by atoms with E-state index in [1.807, 2.05) is 4.90 Å². The summed E-state index contributed by atoms with van der Waals surface area (Å²) >= 11 is 6.17. The van der Waals surface area contributed by atoms with E-state index in [1.54, 1.807) is 25.3 Å². The number of piperazine rings is 1. The Hall–Kier alpha value is -2.24. The maximum atomic E-state index is 13.0. The molecule has 2 aromatic rings. The molecule has 176 valence electrons. The highest BCUT2D eigenvalue weighted by molar-refractivity contribution is 6.31. The van der Waals surface area contributed by atoms with Crippen LogP contribution in [0.15, 0.2) is 36.4 Å². The van der Waals surface area contributed by atoms with Gasteiger partial charge in [-0.25, -0.2) is 0 Å². The molecule has 5 rings (SSSR count). The molecule has 33 heavy (non-hydrogen) atoms. The minimum atomic E-state index is 0.0179. The van der Waals surface area contributed by atoms with Gasteiger partial charge < -0.3 is 14.5 Å². The Morgan fingerprint density at radius 1 is 0.909 bits per heavy atom. The molecule has 0 atom stereocenters. The van der Waals surface area contributed by atoms with Gasteiger partial charge in [0, 0.05) is 61.6 Å². The quantitative estimate of drug-likeness (QED) is 0.655. The molecule has 2 fully saturated rings. The van der Waals surface area contributed by atoms with Crippen LogP contribution >= 0.6 is 11.6 Å². The summed E-state index contributed by atoms with van der Waals surface area (Å²) in [5.74, 6) is 0.630. The van der Waals surface area contributed by atoms with E-state index in [0.717, 1.165) is 32.0 Å². The average molecular weight is 468 g/mol. The van der Waals surface area contributed by atoms with Gasteiger partial charge in [0.05, 0.1) is 7.11 Å². The van der Waals surface area contributed by atoms with Crippen LogP contribution in [-0.4, -0.2) is 68.1 Å². The minimum absolute atomic E-state index is 0.0179. The molecular formula is C27H34ClN3O2. The third kappa shape index (κ3) is 4.99. The predicted molar refractivity (Wildman–Crippen MR) is 134 cm³/mol. The molecule has 0 bridgehead atoms. The van der Waals surface area contributed by atoms with Crippen LogP contribution in [-0.2, 0) is 12.8 Å². The third-order valence-electron chi connectivity index (χ3n) is 7.65. The molecule has 2 aromatic carbocycles. The molecule has 0 radical (unpaired) electrons. The summed E-state index contributed by atoms with van der Waals surface area (Å²) in [6, 6.07) is 13.1. The van der Waals surface area contributed by atoms with Crippen molar-refractivity contribution in [2.75, 3.05) is 51.3 Å². The molecule has 0 unspecified atom stereocenters. The Kier molecular flexibility index (Phi) is 6.79. The van der Waals surface area contributed by atoms with Gasteiger partial charge in [-0.1, -0.05) is 30.5 Å². The fourth-order valence-corrected chi connectivity index (χ4v) is 5.94.